The number of aromatic amines is 1. The lowest BCUT2D eigenvalue weighted by molar-refractivity contribution is 0.0446. The van der Waals surface area contributed by atoms with Crippen LogP contribution < -0.4 is 0 Å². The quantitative estimate of drug-likeness (QED) is 0.864. The Bertz CT molecular complexity index is 320. The number of H-pyrrole nitrogens is 1. The zero-order chi connectivity index (χ0) is 12.3. The summed E-state index contributed by atoms with van der Waals surface area (Å²) in [6.07, 6.45) is 4.96. The third-order valence-electron chi connectivity index (χ3n) is 3.68. The zero-order valence-corrected chi connectivity index (χ0v) is 11.2. The van der Waals surface area contributed by atoms with Gasteiger partial charge in [0.05, 0.1) is 6.54 Å². The minimum atomic E-state index is 0.658. The first-order valence-electron chi connectivity index (χ1n) is 6.67. The van der Waals surface area contributed by atoms with Gasteiger partial charge >= 0.3 is 0 Å². The molecule has 0 radical (unpaired) electrons. The summed E-state index contributed by atoms with van der Waals surface area (Å²) in [5.74, 6) is 1.08. The van der Waals surface area contributed by atoms with E-state index in [9.17, 15) is 0 Å². The largest absolute Gasteiger partial charge is 0.348 e. The predicted octanol–water partition coefficient (Wildman–Crippen LogP) is 1.71. The molecule has 0 unspecified atom stereocenters. The van der Waals surface area contributed by atoms with E-state index in [0.717, 1.165) is 25.5 Å². The second-order valence-electron chi connectivity index (χ2n) is 5.16. The van der Waals surface area contributed by atoms with Gasteiger partial charge in [-0.25, -0.2) is 4.98 Å². The van der Waals surface area contributed by atoms with Crippen LogP contribution in [0.1, 0.15) is 33.0 Å². The molecular weight excluding hydrogens is 212 g/mol. The van der Waals surface area contributed by atoms with Crippen LogP contribution in [0.15, 0.2) is 12.4 Å². The molecule has 1 atom stereocenters. The lowest BCUT2D eigenvalue weighted by Gasteiger charge is -2.43. The van der Waals surface area contributed by atoms with Gasteiger partial charge in [0.15, 0.2) is 0 Å². The monoisotopic (exact) mass is 236 g/mol. The smallest absolute Gasteiger partial charge is 0.120 e. The van der Waals surface area contributed by atoms with E-state index in [0.29, 0.717) is 12.1 Å². The molecule has 1 aromatic rings. The Hall–Kier alpha value is -0.870. The van der Waals surface area contributed by atoms with Crippen LogP contribution in [0.3, 0.4) is 0 Å². The van der Waals surface area contributed by atoms with Crippen LogP contribution in [0.5, 0.6) is 0 Å². The lowest BCUT2D eigenvalue weighted by Crippen LogP contribution is -2.54. The van der Waals surface area contributed by atoms with Gasteiger partial charge in [-0.1, -0.05) is 6.92 Å². The highest BCUT2D eigenvalue weighted by Crippen LogP contribution is 2.16. The molecule has 17 heavy (non-hydrogen) atoms. The van der Waals surface area contributed by atoms with Crippen LogP contribution >= 0.6 is 0 Å². The van der Waals surface area contributed by atoms with Crippen molar-refractivity contribution in [3.63, 3.8) is 0 Å². The second kappa shape index (κ2) is 5.65. The molecule has 96 valence electrons. The van der Waals surface area contributed by atoms with Crippen molar-refractivity contribution in [1.29, 1.82) is 0 Å². The molecule has 0 aliphatic carbocycles. The number of piperazine rings is 1. The third kappa shape index (κ3) is 3.07. The molecule has 1 N–H and O–H groups in total. The summed E-state index contributed by atoms with van der Waals surface area (Å²) in [5.41, 5.74) is 0. The van der Waals surface area contributed by atoms with Crippen molar-refractivity contribution in [2.45, 2.75) is 45.8 Å². The summed E-state index contributed by atoms with van der Waals surface area (Å²) in [4.78, 5) is 12.6. The Morgan fingerprint density at radius 2 is 2.29 bits per heavy atom. The molecule has 1 aliphatic heterocycles. The fourth-order valence-corrected chi connectivity index (χ4v) is 2.72. The maximum Gasteiger partial charge on any atom is 0.120 e. The van der Waals surface area contributed by atoms with Crippen LogP contribution in [-0.4, -0.2) is 51.5 Å². The molecule has 0 saturated carbocycles. The number of hydrogen-bond acceptors (Lipinski definition) is 3. The summed E-state index contributed by atoms with van der Waals surface area (Å²) >= 11 is 0. The van der Waals surface area contributed by atoms with Crippen molar-refractivity contribution in [2.24, 2.45) is 0 Å². The molecule has 1 aliphatic rings. The van der Waals surface area contributed by atoms with E-state index in [1.807, 2.05) is 12.4 Å². The van der Waals surface area contributed by atoms with Crippen LogP contribution in [-0.2, 0) is 6.54 Å². The summed E-state index contributed by atoms with van der Waals surface area (Å²) in [6.45, 7) is 11.3. The molecule has 0 aromatic carbocycles. The fraction of sp³-hybridized carbons (Fsp3) is 0.769. The number of nitrogens with zero attached hydrogens (tertiary/aromatic N) is 3. The number of nitrogens with one attached hydrogen (secondary N) is 1. The van der Waals surface area contributed by atoms with E-state index in [-0.39, 0.29) is 0 Å². The van der Waals surface area contributed by atoms with Gasteiger partial charge in [0.1, 0.15) is 5.82 Å². The minimum absolute atomic E-state index is 0.658. The molecule has 4 nitrogen and oxygen atoms in total. The Balaban J connectivity index is 1.91. The van der Waals surface area contributed by atoms with Crippen molar-refractivity contribution in [3.8, 4) is 0 Å². The van der Waals surface area contributed by atoms with E-state index in [4.69, 9.17) is 0 Å². The first-order chi connectivity index (χ1) is 8.20. The normalized spacial score (nSPS) is 23.4. The van der Waals surface area contributed by atoms with Gasteiger partial charge in [0, 0.05) is 44.1 Å². The number of aromatic nitrogens is 2. The highest BCUT2D eigenvalue weighted by Gasteiger charge is 2.27. The summed E-state index contributed by atoms with van der Waals surface area (Å²) in [6, 6.07) is 1.35. The summed E-state index contributed by atoms with van der Waals surface area (Å²) in [7, 11) is 0. The van der Waals surface area contributed by atoms with E-state index in [1.165, 1.54) is 13.0 Å². The zero-order valence-electron chi connectivity index (χ0n) is 11.2. The first-order valence-corrected chi connectivity index (χ1v) is 6.67. The van der Waals surface area contributed by atoms with E-state index in [2.05, 4.69) is 40.5 Å². The SMILES string of the molecule is CC[C@@H]1CN(Cc2ncc[nH]2)CCN1C(C)C. The maximum atomic E-state index is 4.30. The molecule has 1 saturated heterocycles. The lowest BCUT2D eigenvalue weighted by atomic mass is 10.1. The average molecular weight is 236 g/mol. The topological polar surface area (TPSA) is 35.2 Å². The van der Waals surface area contributed by atoms with Gasteiger partial charge in [0.25, 0.3) is 0 Å². The molecule has 2 heterocycles. The van der Waals surface area contributed by atoms with Gasteiger partial charge in [-0.3, -0.25) is 9.80 Å². The highest BCUT2D eigenvalue weighted by atomic mass is 15.3. The molecule has 0 spiro atoms. The van der Waals surface area contributed by atoms with E-state index < -0.39 is 0 Å². The highest BCUT2D eigenvalue weighted by molar-refractivity contribution is 4.90. The van der Waals surface area contributed by atoms with Gasteiger partial charge in [-0.2, -0.15) is 0 Å². The maximum absolute atomic E-state index is 4.30. The minimum Gasteiger partial charge on any atom is -0.348 e. The van der Waals surface area contributed by atoms with Crippen LogP contribution in [0, 0.1) is 0 Å². The molecule has 4 heteroatoms. The Morgan fingerprint density at radius 1 is 1.47 bits per heavy atom. The van der Waals surface area contributed by atoms with Crippen molar-refractivity contribution in [3.05, 3.63) is 18.2 Å². The Kier molecular flexibility index (Phi) is 4.18. The van der Waals surface area contributed by atoms with Gasteiger partial charge in [0.2, 0.25) is 0 Å². The van der Waals surface area contributed by atoms with Crippen molar-refractivity contribution in [1.82, 2.24) is 19.8 Å². The van der Waals surface area contributed by atoms with Crippen LogP contribution in [0.4, 0.5) is 0 Å². The van der Waals surface area contributed by atoms with Gasteiger partial charge in [-0.05, 0) is 20.3 Å². The van der Waals surface area contributed by atoms with E-state index >= 15 is 0 Å². The predicted molar refractivity (Wildman–Crippen MR) is 69.8 cm³/mol. The summed E-state index contributed by atoms with van der Waals surface area (Å²) in [5, 5.41) is 0. The van der Waals surface area contributed by atoms with Gasteiger partial charge in [-0.15, -0.1) is 0 Å². The molecule has 1 fully saturated rings. The fourth-order valence-electron chi connectivity index (χ4n) is 2.72. The molecule has 1 aromatic heterocycles. The molecule has 2 rings (SSSR count). The first kappa shape index (κ1) is 12.6. The number of imidazole rings is 1. The number of hydrogen-bond donors (Lipinski definition) is 1. The van der Waals surface area contributed by atoms with Crippen molar-refractivity contribution < 1.29 is 0 Å². The van der Waals surface area contributed by atoms with E-state index in [1.54, 1.807) is 0 Å². The molecular formula is C13H24N4. The Labute approximate surface area is 104 Å². The average Bonchev–Trinajstić information content (AvgIpc) is 2.81. The molecule has 0 bridgehead atoms. The standard InChI is InChI=1S/C13H24N4/c1-4-12-9-16(7-8-17(12)11(2)3)10-13-14-5-6-15-13/h5-6,11-12H,4,7-10H2,1-3H3,(H,14,15)/t12-/m1/s1. The van der Waals surface area contributed by atoms with Crippen molar-refractivity contribution >= 4 is 0 Å². The van der Waals surface area contributed by atoms with Crippen LogP contribution in [0.25, 0.3) is 0 Å². The second-order valence-corrected chi connectivity index (χ2v) is 5.16. The van der Waals surface area contributed by atoms with Crippen LogP contribution in [0.2, 0.25) is 0 Å². The molecule has 0 amide bonds. The van der Waals surface area contributed by atoms with Gasteiger partial charge < -0.3 is 4.98 Å². The summed E-state index contributed by atoms with van der Waals surface area (Å²) < 4.78 is 0. The third-order valence-corrected chi connectivity index (χ3v) is 3.68. The van der Waals surface area contributed by atoms with Crippen molar-refractivity contribution in [2.75, 3.05) is 19.6 Å². The number of rotatable bonds is 4. The Morgan fingerprint density at radius 3 is 2.88 bits per heavy atom.